The lowest BCUT2D eigenvalue weighted by atomic mass is 10.1. The van der Waals surface area contributed by atoms with E-state index in [9.17, 15) is 14.9 Å². The molecule has 3 rings (SSSR count). The molecule has 0 radical (unpaired) electrons. The number of nitro groups is 1. The minimum absolute atomic E-state index is 0.0797. The summed E-state index contributed by atoms with van der Waals surface area (Å²) in [6, 6.07) is 13.8. The Kier molecular flexibility index (Phi) is 4.16. The van der Waals surface area contributed by atoms with Gasteiger partial charge < -0.3 is 4.90 Å². The molecule has 0 N–H and O–H groups in total. The predicted octanol–water partition coefficient (Wildman–Crippen LogP) is 4.25. The summed E-state index contributed by atoms with van der Waals surface area (Å²) in [5.74, 6) is -0.234. The summed E-state index contributed by atoms with van der Waals surface area (Å²) in [5, 5.41) is 11.7. The molecule has 0 bridgehead atoms. The van der Waals surface area contributed by atoms with Gasteiger partial charge in [0.2, 0.25) is 0 Å². The first-order chi connectivity index (χ1) is 11.1. The number of fused-ring (bicyclic) bond motifs is 1. The zero-order valence-corrected chi connectivity index (χ0v) is 13.2. The summed E-state index contributed by atoms with van der Waals surface area (Å²) in [7, 11) is 0. The zero-order chi connectivity index (χ0) is 16.4. The topological polar surface area (TPSA) is 63.5 Å². The van der Waals surface area contributed by atoms with Gasteiger partial charge in [-0.05, 0) is 19.1 Å². The van der Waals surface area contributed by atoms with Crippen LogP contribution in [0.2, 0.25) is 0 Å². The van der Waals surface area contributed by atoms with Crippen molar-refractivity contribution in [3.05, 3.63) is 75.3 Å². The van der Waals surface area contributed by atoms with Crippen LogP contribution in [0, 0.1) is 10.1 Å². The molecule has 1 aliphatic rings. The van der Waals surface area contributed by atoms with Crippen LogP contribution >= 0.6 is 11.8 Å². The molecule has 0 spiro atoms. The smallest absolute Gasteiger partial charge is 0.270 e. The van der Waals surface area contributed by atoms with Gasteiger partial charge in [0.25, 0.3) is 5.69 Å². The SMILES string of the molecule is CCN1C(=CC(=O)c2cccc([N+](=O)[O-])c2)Sc2ccccc21. The number of para-hydroxylation sites is 1. The molecule has 0 atom stereocenters. The van der Waals surface area contributed by atoms with Gasteiger partial charge >= 0.3 is 0 Å². The Labute approximate surface area is 137 Å². The standard InChI is InChI=1S/C17H14N2O3S/c1-2-18-14-8-3-4-9-16(14)23-17(18)11-15(20)12-6-5-7-13(10-12)19(21)22/h3-11H,2H2,1H3. The van der Waals surface area contributed by atoms with Crippen molar-refractivity contribution in [1.82, 2.24) is 0 Å². The highest BCUT2D eigenvalue weighted by atomic mass is 32.2. The second kappa shape index (κ2) is 6.26. The largest absolute Gasteiger partial charge is 0.335 e. The molecule has 0 fully saturated rings. The van der Waals surface area contributed by atoms with E-state index in [2.05, 4.69) is 4.90 Å². The molecular weight excluding hydrogens is 312 g/mol. The lowest BCUT2D eigenvalue weighted by molar-refractivity contribution is -0.384. The Hall–Kier alpha value is -2.60. The fourth-order valence-corrected chi connectivity index (χ4v) is 3.61. The van der Waals surface area contributed by atoms with Gasteiger partial charge in [0.05, 0.1) is 15.6 Å². The highest BCUT2D eigenvalue weighted by Gasteiger charge is 2.24. The number of thioether (sulfide) groups is 1. The number of non-ortho nitro benzene ring substituents is 1. The van der Waals surface area contributed by atoms with E-state index in [1.165, 1.54) is 30.0 Å². The van der Waals surface area contributed by atoms with Gasteiger partial charge in [-0.1, -0.05) is 36.0 Å². The Morgan fingerprint density at radius 3 is 2.78 bits per heavy atom. The van der Waals surface area contributed by atoms with Crippen LogP contribution in [0.25, 0.3) is 0 Å². The van der Waals surface area contributed by atoms with Gasteiger partial charge in [0, 0.05) is 35.2 Å². The Morgan fingerprint density at radius 1 is 1.26 bits per heavy atom. The van der Waals surface area contributed by atoms with Crippen molar-refractivity contribution < 1.29 is 9.72 Å². The summed E-state index contributed by atoms with van der Waals surface area (Å²) >= 11 is 1.53. The number of nitrogens with zero attached hydrogens (tertiary/aromatic N) is 2. The molecule has 0 unspecified atom stereocenters. The van der Waals surface area contributed by atoms with Crippen LogP contribution in [0.1, 0.15) is 17.3 Å². The Bertz CT molecular complexity index is 817. The molecule has 0 aliphatic carbocycles. The van der Waals surface area contributed by atoms with E-state index >= 15 is 0 Å². The fourth-order valence-electron chi connectivity index (χ4n) is 2.45. The van der Waals surface area contributed by atoms with Crippen LogP contribution in [0.3, 0.4) is 0 Å². The van der Waals surface area contributed by atoms with Gasteiger partial charge in [0.15, 0.2) is 5.78 Å². The van der Waals surface area contributed by atoms with E-state index in [1.54, 1.807) is 12.1 Å². The average Bonchev–Trinajstić information content (AvgIpc) is 2.91. The minimum atomic E-state index is -0.498. The lowest BCUT2D eigenvalue weighted by Crippen LogP contribution is -2.17. The maximum Gasteiger partial charge on any atom is 0.270 e. The van der Waals surface area contributed by atoms with E-state index in [-0.39, 0.29) is 11.5 Å². The van der Waals surface area contributed by atoms with Crippen molar-refractivity contribution in [2.75, 3.05) is 11.4 Å². The zero-order valence-electron chi connectivity index (χ0n) is 12.4. The molecule has 5 nitrogen and oxygen atoms in total. The number of rotatable bonds is 4. The summed E-state index contributed by atoms with van der Waals surface area (Å²) in [5.41, 5.74) is 1.32. The van der Waals surface area contributed by atoms with Crippen molar-refractivity contribution >= 4 is 28.9 Å². The maximum absolute atomic E-state index is 12.4. The number of allylic oxidation sites excluding steroid dienone is 1. The van der Waals surface area contributed by atoms with E-state index < -0.39 is 4.92 Å². The molecular formula is C17H14N2O3S. The number of carbonyl (C=O) groups excluding carboxylic acids is 1. The van der Waals surface area contributed by atoms with Gasteiger partial charge in [-0.25, -0.2) is 0 Å². The van der Waals surface area contributed by atoms with E-state index in [4.69, 9.17) is 0 Å². The van der Waals surface area contributed by atoms with E-state index in [0.29, 0.717) is 5.56 Å². The second-order valence-electron chi connectivity index (χ2n) is 4.97. The van der Waals surface area contributed by atoms with Gasteiger partial charge in [0.1, 0.15) is 0 Å². The van der Waals surface area contributed by atoms with Crippen molar-refractivity contribution in [2.24, 2.45) is 0 Å². The van der Waals surface area contributed by atoms with Gasteiger partial charge in [-0.2, -0.15) is 0 Å². The molecule has 116 valence electrons. The molecule has 0 aromatic heterocycles. The van der Waals surface area contributed by atoms with Crippen LogP contribution in [0.15, 0.2) is 64.5 Å². The van der Waals surface area contributed by atoms with Crippen molar-refractivity contribution in [2.45, 2.75) is 11.8 Å². The summed E-state index contributed by atoms with van der Waals surface area (Å²) in [6.07, 6.45) is 1.55. The molecule has 6 heteroatoms. The highest BCUT2D eigenvalue weighted by molar-refractivity contribution is 8.03. The van der Waals surface area contributed by atoms with Crippen LogP contribution < -0.4 is 4.90 Å². The second-order valence-corrected chi connectivity index (χ2v) is 6.03. The third-order valence-corrected chi connectivity index (χ3v) is 4.66. The number of hydrogen-bond acceptors (Lipinski definition) is 5. The van der Waals surface area contributed by atoms with E-state index in [0.717, 1.165) is 22.2 Å². The number of nitro benzene ring substituents is 1. The Morgan fingerprint density at radius 2 is 2.04 bits per heavy atom. The number of anilines is 1. The third kappa shape index (κ3) is 2.98. The minimum Gasteiger partial charge on any atom is -0.335 e. The van der Waals surface area contributed by atoms with Crippen LogP contribution in [-0.2, 0) is 0 Å². The monoisotopic (exact) mass is 326 g/mol. The average molecular weight is 326 g/mol. The first-order valence-electron chi connectivity index (χ1n) is 7.15. The molecule has 0 amide bonds. The van der Waals surface area contributed by atoms with Gasteiger partial charge in [-0.3, -0.25) is 14.9 Å². The maximum atomic E-state index is 12.4. The van der Waals surface area contributed by atoms with Crippen LogP contribution in [-0.4, -0.2) is 17.3 Å². The summed E-state index contributed by atoms with van der Waals surface area (Å²) in [6.45, 7) is 2.77. The third-order valence-electron chi connectivity index (χ3n) is 3.55. The van der Waals surface area contributed by atoms with Crippen molar-refractivity contribution in [3.8, 4) is 0 Å². The predicted molar refractivity (Wildman–Crippen MR) is 90.8 cm³/mol. The van der Waals surface area contributed by atoms with E-state index in [1.807, 2.05) is 31.2 Å². The first kappa shape index (κ1) is 15.3. The summed E-state index contributed by atoms with van der Waals surface area (Å²) < 4.78 is 0. The fraction of sp³-hybridized carbons (Fsp3) is 0.118. The molecule has 1 heterocycles. The molecule has 0 saturated heterocycles. The molecule has 23 heavy (non-hydrogen) atoms. The summed E-state index contributed by atoms with van der Waals surface area (Å²) in [4.78, 5) is 26.0. The molecule has 2 aromatic rings. The van der Waals surface area contributed by atoms with Crippen LogP contribution in [0.5, 0.6) is 0 Å². The van der Waals surface area contributed by atoms with Crippen LogP contribution in [0.4, 0.5) is 11.4 Å². The van der Waals surface area contributed by atoms with Crippen molar-refractivity contribution in [3.63, 3.8) is 0 Å². The molecule has 1 aliphatic heterocycles. The molecule has 0 saturated carbocycles. The lowest BCUT2D eigenvalue weighted by Gasteiger charge is -2.17. The first-order valence-corrected chi connectivity index (χ1v) is 7.96. The number of carbonyl (C=O) groups is 1. The highest BCUT2D eigenvalue weighted by Crippen LogP contribution is 2.45. The normalized spacial score (nSPS) is 14.8. The Balaban J connectivity index is 1.91. The van der Waals surface area contributed by atoms with Gasteiger partial charge in [-0.15, -0.1) is 0 Å². The number of benzene rings is 2. The molecule has 2 aromatic carbocycles. The number of ketones is 1. The quantitative estimate of drug-likeness (QED) is 0.364. The number of hydrogen-bond donors (Lipinski definition) is 0. The van der Waals surface area contributed by atoms with Crippen molar-refractivity contribution in [1.29, 1.82) is 0 Å².